The number of non-ortho nitro benzene ring substituents is 1. The molecule has 0 aromatic heterocycles. The summed E-state index contributed by atoms with van der Waals surface area (Å²) in [4.78, 5) is 10.5. The maximum atomic E-state index is 12.1. The number of phenolic OH excluding ortho intramolecular Hbond substituents is 1. The molecule has 0 saturated carbocycles. The number of sulfonamides is 1. The molecule has 32 heavy (non-hydrogen) atoms. The van der Waals surface area contributed by atoms with Crippen molar-refractivity contribution in [2.24, 2.45) is 10.2 Å². The van der Waals surface area contributed by atoms with E-state index in [-0.39, 0.29) is 21.2 Å². The van der Waals surface area contributed by atoms with E-state index in [1.165, 1.54) is 48.5 Å². The normalized spacial score (nSPS) is 11.9. The quantitative estimate of drug-likeness (QED) is 0.151. The predicted molar refractivity (Wildman–Crippen MR) is 125 cm³/mol. The first kappa shape index (κ1) is 23.5. The minimum atomic E-state index is -4.05. The number of primary sulfonamides is 1. The van der Waals surface area contributed by atoms with Crippen molar-refractivity contribution in [2.75, 3.05) is 5.43 Å². The Morgan fingerprint density at radius 2 is 1.78 bits per heavy atom. The van der Waals surface area contributed by atoms with Gasteiger partial charge >= 0.3 is 0 Å². The van der Waals surface area contributed by atoms with Crippen LogP contribution in [0.3, 0.4) is 0 Å². The maximum Gasteiger partial charge on any atom is 0.269 e. The lowest BCUT2D eigenvalue weighted by Gasteiger charge is -2.12. The maximum absolute atomic E-state index is 12.1. The van der Waals surface area contributed by atoms with Gasteiger partial charge < -0.3 is 5.11 Å². The lowest BCUT2D eigenvalue weighted by molar-refractivity contribution is -0.384. The van der Waals surface area contributed by atoms with Crippen LogP contribution in [0.2, 0.25) is 5.02 Å². The molecule has 3 aromatic rings. The van der Waals surface area contributed by atoms with E-state index in [0.717, 1.165) is 11.8 Å². The zero-order chi connectivity index (χ0) is 23.5. The average molecular weight is 493 g/mol. The van der Waals surface area contributed by atoms with Gasteiger partial charge in [-0.2, -0.15) is 5.10 Å². The lowest BCUT2D eigenvalue weighted by Crippen LogP contribution is -2.14. The Balaban J connectivity index is 2.03. The SMILES string of the molecule is Cc1cc(S(N)(=O)=O)c(S/C(=N\Nc2ccc([N+](=O)[O-])cc2)c2ccc(O)cc2)cc1Cl. The van der Waals surface area contributed by atoms with Crippen molar-refractivity contribution in [1.82, 2.24) is 0 Å². The van der Waals surface area contributed by atoms with Gasteiger partial charge in [0.05, 0.1) is 15.5 Å². The highest BCUT2D eigenvalue weighted by Gasteiger charge is 2.19. The van der Waals surface area contributed by atoms with Gasteiger partial charge in [-0.1, -0.05) is 23.4 Å². The van der Waals surface area contributed by atoms with Gasteiger partial charge in [-0.3, -0.25) is 15.5 Å². The van der Waals surface area contributed by atoms with Gasteiger partial charge in [0.1, 0.15) is 10.8 Å². The molecule has 12 heteroatoms. The molecule has 0 amide bonds. The van der Waals surface area contributed by atoms with E-state index in [2.05, 4.69) is 10.5 Å². The number of nitrogens with one attached hydrogen (secondary N) is 1. The lowest BCUT2D eigenvalue weighted by atomic mass is 10.2. The van der Waals surface area contributed by atoms with Gasteiger partial charge in [-0.25, -0.2) is 13.6 Å². The van der Waals surface area contributed by atoms with Crippen LogP contribution in [-0.2, 0) is 10.0 Å². The Hall–Kier alpha value is -3.12. The molecule has 0 unspecified atom stereocenters. The van der Waals surface area contributed by atoms with E-state index in [0.29, 0.717) is 26.9 Å². The van der Waals surface area contributed by atoms with Crippen LogP contribution in [0.4, 0.5) is 11.4 Å². The van der Waals surface area contributed by atoms with Crippen LogP contribution in [0.15, 0.2) is 75.6 Å². The number of hydrogen-bond donors (Lipinski definition) is 3. The topological polar surface area (TPSA) is 148 Å². The number of hydrogen-bond acceptors (Lipinski definition) is 8. The second-order valence-corrected chi connectivity index (χ2v) is 9.54. The van der Waals surface area contributed by atoms with E-state index < -0.39 is 14.9 Å². The number of nitro groups is 1. The van der Waals surface area contributed by atoms with Crippen LogP contribution < -0.4 is 10.6 Å². The molecule has 4 N–H and O–H groups in total. The molecule has 0 saturated heterocycles. The van der Waals surface area contributed by atoms with Crippen LogP contribution in [0, 0.1) is 17.0 Å². The highest BCUT2D eigenvalue weighted by Crippen LogP contribution is 2.34. The average Bonchev–Trinajstić information content (AvgIpc) is 2.73. The second kappa shape index (κ2) is 9.57. The van der Waals surface area contributed by atoms with Crippen molar-refractivity contribution >= 4 is 49.8 Å². The molecule has 0 fully saturated rings. The van der Waals surface area contributed by atoms with E-state index in [4.69, 9.17) is 16.7 Å². The summed E-state index contributed by atoms with van der Waals surface area (Å²) in [7, 11) is -4.05. The smallest absolute Gasteiger partial charge is 0.269 e. The molecule has 0 aliphatic carbocycles. The molecule has 0 bridgehead atoms. The molecule has 166 valence electrons. The van der Waals surface area contributed by atoms with Gasteiger partial charge in [0.2, 0.25) is 10.0 Å². The number of hydrazone groups is 1. The standard InChI is InChI=1S/C20H17ClN4O5S2/c1-12-10-19(32(22,29)30)18(11-17(12)21)31-20(13-2-8-16(26)9-3-13)24-23-14-4-6-15(7-5-14)25(27)28/h2-11,23,26H,1H3,(H2,22,29,30)/b24-20-. The largest absolute Gasteiger partial charge is 0.508 e. The molecule has 0 aliphatic rings. The third kappa shape index (κ3) is 5.77. The Morgan fingerprint density at radius 3 is 2.34 bits per heavy atom. The fourth-order valence-corrected chi connectivity index (χ4v) is 4.84. The Bertz CT molecular complexity index is 1290. The number of anilines is 1. The number of thioether (sulfide) groups is 1. The summed E-state index contributed by atoms with van der Waals surface area (Å²) >= 11 is 7.21. The summed E-state index contributed by atoms with van der Waals surface area (Å²) in [6, 6.07) is 14.6. The highest BCUT2D eigenvalue weighted by atomic mass is 35.5. The summed E-state index contributed by atoms with van der Waals surface area (Å²) in [5.41, 5.74) is 4.32. The van der Waals surface area contributed by atoms with Gasteiger partial charge in [-0.15, -0.1) is 0 Å². The first-order valence-electron chi connectivity index (χ1n) is 8.93. The van der Waals surface area contributed by atoms with Crippen molar-refractivity contribution in [2.45, 2.75) is 16.7 Å². The molecule has 0 aliphatic heterocycles. The van der Waals surface area contributed by atoms with Gasteiger partial charge in [0.15, 0.2) is 0 Å². The summed E-state index contributed by atoms with van der Waals surface area (Å²) in [5.74, 6) is 0.0463. The van der Waals surface area contributed by atoms with Gasteiger partial charge in [0, 0.05) is 27.6 Å². The van der Waals surface area contributed by atoms with Crippen LogP contribution in [0.5, 0.6) is 5.75 Å². The van der Waals surface area contributed by atoms with E-state index in [9.17, 15) is 23.6 Å². The number of benzene rings is 3. The van der Waals surface area contributed by atoms with Gasteiger partial charge in [-0.05, 0) is 61.0 Å². The molecule has 3 aromatic carbocycles. The van der Waals surface area contributed by atoms with Crippen molar-refractivity contribution < 1.29 is 18.4 Å². The molecule has 0 heterocycles. The van der Waals surface area contributed by atoms with Crippen molar-refractivity contribution in [3.8, 4) is 5.75 Å². The van der Waals surface area contributed by atoms with Crippen LogP contribution >= 0.6 is 23.4 Å². The van der Waals surface area contributed by atoms with Crippen molar-refractivity contribution in [1.29, 1.82) is 0 Å². The van der Waals surface area contributed by atoms with Crippen LogP contribution in [0.1, 0.15) is 11.1 Å². The Kier molecular flexibility index (Phi) is 7.04. The minimum Gasteiger partial charge on any atom is -0.508 e. The number of nitro benzene ring substituents is 1. The number of rotatable bonds is 6. The third-order valence-electron chi connectivity index (χ3n) is 4.22. The molecule has 0 spiro atoms. The molecule has 9 nitrogen and oxygen atoms in total. The second-order valence-electron chi connectivity index (χ2n) is 6.57. The monoisotopic (exact) mass is 492 g/mol. The third-order valence-corrected chi connectivity index (χ3v) is 6.78. The summed E-state index contributed by atoms with van der Waals surface area (Å²) in [6.07, 6.45) is 0. The minimum absolute atomic E-state index is 0.0463. The Morgan fingerprint density at radius 1 is 1.16 bits per heavy atom. The summed E-state index contributed by atoms with van der Waals surface area (Å²) < 4.78 is 24.2. The van der Waals surface area contributed by atoms with E-state index in [1.807, 2.05) is 0 Å². The number of halogens is 1. The molecule has 0 atom stereocenters. The number of phenols is 1. The first-order chi connectivity index (χ1) is 15.0. The zero-order valence-electron chi connectivity index (χ0n) is 16.5. The Labute approximate surface area is 193 Å². The van der Waals surface area contributed by atoms with Crippen LogP contribution in [-0.4, -0.2) is 23.5 Å². The number of aromatic hydroxyl groups is 1. The van der Waals surface area contributed by atoms with Crippen LogP contribution in [0.25, 0.3) is 0 Å². The number of aryl methyl sites for hydroxylation is 1. The first-order valence-corrected chi connectivity index (χ1v) is 11.7. The number of nitrogens with zero attached hydrogens (tertiary/aromatic N) is 2. The molecular weight excluding hydrogens is 476 g/mol. The zero-order valence-corrected chi connectivity index (χ0v) is 18.9. The van der Waals surface area contributed by atoms with Crippen molar-refractivity contribution in [3.05, 3.63) is 86.9 Å². The van der Waals surface area contributed by atoms with E-state index >= 15 is 0 Å². The van der Waals surface area contributed by atoms with Crippen molar-refractivity contribution in [3.63, 3.8) is 0 Å². The fraction of sp³-hybridized carbons (Fsp3) is 0.0500. The highest BCUT2D eigenvalue weighted by molar-refractivity contribution is 8.14. The fourth-order valence-electron chi connectivity index (χ4n) is 2.57. The molecule has 3 rings (SSSR count). The van der Waals surface area contributed by atoms with Gasteiger partial charge in [0.25, 0.3) is 5.69 Å². The molecule has 0 radical (unpaired) electrons. The summed E-state index contributed by atoms with van der Waals surface area (Å²) in [6.45, 7) is 1.66. The summed E-state index contributed by atoms with van der Waals surface area (Å²) in [5, 5.41) is 30.8. The predicted octanol–water partition coefficient (Wildman–Crippen LogP) is 4.48. The molecular formula is C20H17ClN4O5S2. The number of nitrogens with two attached hydrogens (primary N) is 1. The van der Waals surface area contributed by atoms with E-state index in [1.54, 1.807) is 19.1 Å².